The van der Waals surface area contributed by atoms with Gasteiger partial charge in [0.05, 0.1) is 27.2 Å². The zero-order valence-corrected chi connectivity index (χ0v) is 17.2. The molecule has 3 aromatic carbocycles. The minimum absolute atomic E-state index is 0.143. The van der Waals surface area contributed by atoms with Gasteiger partial charge in [0.1, 0.15) is 11.5 Å². The normalized spacial score (nSPS) is 10.3. The molecule has 0 spiro atoms. The monoisotopic (exact) mass is 421 g/mol. The maximum absolute atomic E-state index is 12.3. The van der Waals surface area contributed by atoms with Crippen LogP contribution in [0.15, 0.2) is 60.7 Å². The lowest BCUT2D eigenvalue weighted by atomic mass is 10.0. The number of amides is 3. The highest BCUT2D eigenvalue weighted by atomic mass is 16.5. The lowest BCUT2D eigenvalue weighted by Crippen LogP contribution is -2.46. The molecule has 0 aliphatic carbocycles. The van der Waals surface area contributed by atoms with Crippen molar-refractivity contribution in [3.8, 4) is 11.5 Å². The molecule has 0 radical (unpaired) electrons. The average Bonchev–Trinajstić information content (AvgIpc) is 2.81. The molecule has 0 atom stereocenters. The summed E-state index contributed by atoms with van der Waals surface area (Å²) < 4.78 is 10.2. The highest BCUT2D eigenvalue weighted by molar-refractivity contribution is 5.97. The first-order chi connectivity index (χ1) is 15.0. The van der Waals surface area contributed by atoms with Gasteiger partial charge < -0.3 is 14.8 Å². The summed E-state index contributed by atoms with van der Waals surface area (Å²) in [5.41, 5.74) is 5.69. The molecule has 31 heavy (non-hydrogen) atoms. The van der Waals surface area contributed by atoms with E-state index in [0.29, 0.717) is 11.5 Å². The molecule has 0 aliphatic rings. The molecule has 0 saturated carbocycles. The minimum Gasteiger partial charge on any atom is -0.497 e. The maximum Gasteiger partial charge on any atom is 0.269 e. The molecule has 0 aromatic heterocycles. The van der Waals surface area contributed by atoms with Gasteiger partial charge in [-0.1, -0.05) is 42.5 Å². The van der Waals surface area contributed by atoms with Gasteiger partial charge in [0.2, 0.25) is 5.91 Å². The summed E-state index contributed by atoms with van der Waals surface area (Å²) in [6.45, 7) is -0.273. The third kappa shape index (κ3) is 5.72. The summed E-state index contributed by atoms with van der Waals surface area (Å²) in [5.74, 6) is -0.523. The van der Waals surface area contributed by atoms with Gasteiger partial charge in [-0.05, 0) is 28.5 Å². The van der Waals surface area contributed by atoms with E-state index in [4.69, 9.17) is 9.47 Å². The number of methoxy groups -OCH3 is 2. The Morgan fingerprint density at radius 1 is 0.806 bits per heavy atom. The minimum atomic E-state index is -0.561. The Labute approximate surface area is 179 Å². The smallest absolute Gasteiger partial charge is 0.269 e. The van der Waals surface area contributed by atoms with E-state index in [-0.39, 0.29) is 24.4 Å². The Morgan fingerprint density at radius 2 is 1.48 bits per heavy atom. The molecular formula is C23H23N3O5. The van der Waals surface area contributed by atoms with Gasteiger partial charge in [0, 0.05) is 11.6 Å². The van der Waals surface area contributed by atoms with Crippen molar-refractivity contribution in [3.05, 3.63) is 71.8 Å². The van der Waals surface area contributed by atoms with E-state index >= 15 is 0 Å². The molecule has 0 aliphatic heterocycles. The summed E-state index contributed by atoms with van der Waals surface area (Å²) in [5, 5.41) is 4.59. The fourth-order valence-electron chi connectivity index (χ4n) is 3.04. The number of hydrogen-bond donors (Lipinski definition) is 3. The fourth-order valence-corrected chi connectivity index (χ4v) is 3.04. The zero-order valence-electron chi connectivity index (χ0n) is 17.2. The van der Waals surface area contributed by atoms with Crippen LogP contribution in [0, 0.1) is 0 Å². The van der Waals surface area contributed by atoms with Gasteiger partial charge in [-0.15, -0.1) is 0 Å². The topological polar surface area (TPSA) is 106 Å². The molecule has 8 heteroatoms. The number of fused-ring (bicyclic) bond motifs is 1. The van der Waals surface area contributed by atoms with E-state index in [0.717, 1.165) is 16.3 Å². The fraction of sp³-hybridized carbons (Fsp3) is 0.174. The second-order valence-corrected chi connectivity index (χ2v) is 6.70. The number of hydrogen-bond acceptors (Lipinski definition) is 5. The molecular weight excluding hydrogens is 398 g/mol. The first-order valence-electron chi connectivity index (χ1n) is 9.55. The quantitative estimate of drug-likeness (QED) is 0.506. The second-order valence-electron chi connectivity index (χ2n) is 6.70. The van der Waals surface area contributed by atoms with Crippen molar-refractivity contribution >= 4 is 28.5 Å². The molecule has 0 unspecified atom stereocenters. The third-order valence-corrected chi connectivity index (χ3v) is 4.61. The summed E-state index contributed by atoms with van der Waals surface area (Å²) in [6, 6.07) is 18.2. The molecule has 0 bridgehead atoms. The van der Waals surface area contributed by atoms with Gasteiger partial charge in [-0.3, -0.25) is 25.2 Å². The van der Waals surface area contributed by atoms with Crippen molar-refractivity contribution in [2.75, 3.05) is 20.8 Å². The van der Waals surface area contributed by atoms with Crippen molar-refractivity contribution in [2.45, 2.75) is 6.42 Å². The largest absolute Gasteiger partial charge is 0.497 e. The molecule has 0 saturated heterocycles. The molecule has 3 aromatic rings. The van der Waals surface area contributed by atoms with Gasteiger partial charge in [-0.2, -0.15) is 0 Å². The lowest BCUT2D eigenvalue weighted by molar-refractivity contribution is -0.126. The van der Waals surface area contributed by atoms with Crippen LogP contribution in [-0.2, 0) is 16.0 Å². The van der Waals surface area contributed by atoms with Gasteiger partial charge in [0.25, 0.3) is 11.8 Å². The standard InChI is InChI=1S/C23H23N3O5/c1-30-18-10-17(11-19(13-18)31-2)23(29)26-25-22(28)14-24-21(27)12-16-8-5-7-15-6-3-4-9-20(15)16/h3-11,13H,12,14H2,1-2H3,(H,24,27)(H,25,28)(H,26,29). The summed E-state index contributed by atoms with van der Waals surface area (Å²) >= 11 is 0. The van der Waals surface area contributed by atoms with E-state index in [1.165, 1.54) is 26.4 Å². The van der Waals surface area contributed by atoms with Crippen LogP contribution in [0.4, 0.5) is 0 Å². The first kappa shape index (κ1) is 21.6. The van der Waals surface area contributed by atoms with E-state index in [1.807, 2.05) is 42.5 Å². The number of rotatable bonds is 7. The Morgan fingerprint density at radius 3 is 2.19 bits per heavy atom. The van der Waals surface area contributed by atoms with Gasteiger partial charge in [-0.25, -0.2) is 0 Å². The van der Waals surface area contributed by atoms with Crippen LogP contribution in [0.2, 0.25) is 0 Å². The van der Waals surface area contributed by atoms with Crippen LogP contribution in [0.3, 0.4) is 0 Å². The van der Waals surface area contributed by atoms with Crippen LogP contribution < -0.4 is 25.6 Å². The number of ether oxygens (including phenoxy) is 2. The average molecular weight is 421 g/mol. The van der Waals surface area contributed by atoms with E-state index < -0.39 is 11.8 Å². The van der Waals surface area contributed by atoms with Crippen molar-refractivity contribution in [3.63, 3.8) is 0 Å². The Balaban J connectivity index is 1.50. The number of carbonyl (C=O) groups excluding carboxylic acids is 3. The summed E-state index contributed by atoms with van der Waals surface area (Å²) in [6.07, 6.45) is 0.143. The highest BCUT2D eigenvalue weighted by Gasteiger charge is 2.12. The zero-order chi connectivity index (χ0) is 22.2. The predicted octanol–water partition coefficient (Wildman–Crippen LogP) is 1.98. The van der Waals surface area contributed by atoms with Crippen molar-refractivity contribution in [1.29, 1.82) is 0 Å². The third-order valence-electron chi connectivity index (χ3n) is 4.61. The van der Waals surface area contributed by atoms with Crippen molar-refractivity contribution in [1.82, 2.24) is 16.2 Å². The molecule has 3 N–H and O–H groups in total. The van der Waals surface area contributed by atoms with Crippen LogP contribution in [-0.4, -0.2) is 38.5 Å². The Bertz CT molecular complexity index is 1090. The first-order valence-corrected chi connectivity index (χ1v) is 9.55. The van der Waals surface area contributed by atoms with Crippen LogP contribution in [0.25, 0.3) is 10.8 Å². The molecule has 0 heterocycles. The number of benzene rings is 3. The Hall–Kier alpha value is -4.07. The molecule has 8 nitrogen and oxygen atoms in total. The Kier molecular flexibility index (Phi) is 7.05. The van der Waals surface area contributed by atoms with Crippen LogP contribution in [0.1, 0.15) is 15.9 Å². The molecule has 3 amide bonds. The number of hydrazine groups is 1. The summed E-state index contributed by atoms with van der Waals surface area (Å²) in [4.78, 5) is 36.5. The van der Waals surface area contributed by atoms with Crippen molar-refractivity contribution in [2.24, 2.45) is 0 Å². The summed E-state index contributed by atoms with van der Waals surface area (Å²) in [7, 11) is 2.94. The molecule has 0 fully saturated rings. The second kappa shape index (κ2) is 10.1. The SMILES string of the molecule is COc1cc(OC)cc(C(=O)NNC(=O)CNC(=O)Cc2cccc3ccccc23)c1. The maximum atomic E-state index is 12.3. The van der Waals surface area contributed by atoms with Crippen LogP contribution in [0.5, 0.6) is 11.5 Å². The van der Waals surface area contributed by atoms with Gasteiger partial charge in [0.15, 0.2) is 0 Å². The van der Waals surface area contributed by atoms with E-state index in [2.05, 4.69) is 16.2 Å². The van der Waals surface area contributed by atoms with Crippen LogP contribution >= 0.6 is 0 Å². The lowest BCUT2D eigenvalue weighted by Gasteiger charge is -2.11. The van der Waals surface area contributed by atoms with Crippen molar-refractivity contribution < 1.29 is 23.9 Å². The van der Waals surface area contributed by atoms with E-state index in [9.17, 15) is 14.4 Å². The molecule has 3 rings (SSSR count). The highest BCUT2D eigenvalue weighted by Crippen LogP contribution is 2.22. The number of carbonyl (C=O) groups is 3. The number of nitrogens with one attached hydrogen (secondary N) is 3. The molecule has 160 valence electrons. The predicted molar refractivity (Wildman–Crippen MR) is 116 cm³/mol. The van der Waals surface area contributed by atoms with Gasteiger partial charge >= 0.3 is 0 Å². The van der Waals surface area contributed by atoms with E-state index in [1.54, 1.807) is 6.07 Å².